The third-order valence-electron chi connectivity index (χ3n) is 4.75. The number of thiocarbonyl (C=S) groups is 1. The standard InChI is InChI=1S/C16H22FN3S/c1-11-8-19-6-2-3-13(19)10-20(11)9-12-4-5-15(17)14(7-12)16(18)21/h4-5,7,11,13H,2-3,6,8-10H2,1H3,(H2,18,21). The number of fused-ring (bicyclic) bond motifs is 1. The molecule has 2 fully saturated rings. The summed E-state index contributed by atoms with van der Waals surface area (Å²) >= 11 is 4.92. The third kappa shape index (κ3) is 3.10. The molecule has 0 saturated carbocycles. The topological polar surface area (TPSA) is 32.5 Å². The van der Waals surface area contributed by atoms with Crippen LogP contribution in [-0.4, -0.2) is 46.5 Å². The van der Waals surface area contributed by atoms with E-state index >= 15 is 0 Å². The van der Waals surface area contributed by atoms with E-state index in [4.69, 9.17) is 18.0 Å². The molecule has 0 radical (unpaired) electrons. The summed E-state index contributed by atoms with van der Waals surface area (Å²) in [5, 5.41) is 0. The highest BCUT2D eigenvalue weighted by Gasteiger charge is 2.34. The van der Waals surface area contributed by atoms with Crippen molar-refractivity contribution in [2.24, 2.45) is 5.73 Å². The van der Waals surface area contributed by atoms with Crippen LogP contribution in [0.15, 0.2) is 18.2 Å². The molecule has 2 aliphatic heterocycles. The van der Waals surface area contributed by atoms with Crippen LogP contribution in [-0.2, 0) is 6.54 Å². The second-order valence-electron chi connectivity index (χ2n) is 6.25. The van der Waals surface area contributed by atoms with E-state index in [-0.39, 0.29) is 10.8 Å². The molecule has 21 heavy (non-hydrogen) atoms. The van der Waals surface area contributed by atoms with Gasteiger partial charge in [0, 0.05) is 37.3 Å². The van der Waals surface area contributed by atoms with Gasteiger partial charge >= 0.3 is 0 Å². The van der Waals surface area contributed by atoms with E-state index in [9.17, 15) is 4.39 Å². The average molecular weight is 307 g/mol. The van der Waals surface area contributed by atoms with Gasteiger partial charge in [-0.3, -0.25) is 9.80 Å². The highest BCUT2D eigenvalue weighted by molar-refractivity contribution is 7.80. The summed E-state index contributed by atoms with van der Waals surface area (Å²) in [6.07, 6.45) is 2.61. The normalized spacial score (nSPS) is 26.8. The summed E-state index contributed by atoms with van der Waals surface area (Å²) in [6, 6.07) is 6.32. The van der Waals surface area contributed by atoms with Crippen LogP contribution < -0.4 is 5.73 Å². The van der Waals surface area contributed by atoms with Gasteiger partial charge in [-0.2, -0.15) is 0 Å². The number of benzene rings is 1. The number of halogens is 1. The molecule has 0 aromatic heterocycles. The Bertz CT molecular complexity index is 548. The molecule has 1 aromatic rings. The van der Waals surface area contributed by atoms with Crippen molar-refractivity contribution in [2.45, 2.75) is 38.4 Å². The predicted molar refractivity (Wildman–Crippen MR) is 86.8 cm³/mol. The monoisotopic (exact) mass is 307 g/mol. The second kappa shape index (κ2) is 5.99. The van der Waals surface area contributed by atoms with Gasteiger partial charge in [-0.05, 0) is 44.0 Å². The van der Waals surface area contributed by atoms with Crippen molar-refractivity contribution in [1.29, 1.82) is 0 Å². The third-order valence-corrected chi connectivity index (χ3v) is 4.97. The maximum Gasteiger partial charge on any atom is 0.133 e. The Morgan fingerprint density at radius 2 is 2.24 bits per heavy atom. The quantitative estimate of drug-likeness (QED) is 0.867. The lowest BCUT2D eigenvalue weighted by Gasteiger charge is -2.42. The Balaban J connectivity index is 1.74. The molecule has 0 bridgehead atoms. The molecule has 3 nitrogen and oxygen atoms in total. The molecular weight excluding hydrogens is 285 g/mol. The molecule has 1 aromatic carbocycles. The first-order valence-electron chi connectivity index (χ1n) is 7.61. The van der Waals surface area contributed by atoms with Crippen LogP contribution in [0.1, 0.15) is 30.9 Å². The van der Waals surface area contributed by atoms with E-state index in [0.29, 0.717) is 17.6 Å². The molecule has 114 valence electrons. The SMILES string of the molecule is CC1CN2CCCC2CN1Cc1ccc(F)c(C(N)=S)c1. The second-order valence-corrected chi connectivity index (χ2v) is 6.69. The van der Waals surface area contributed by atoms with Crippen LogP contribution in [0, 0.1) is 5.82 Å². The van der Waals surface area contributed by atoms with Crippen molar-refractivity contribution in [3.8, 4) is 0 Å². The molecule has 2 atom stereocenters. The highest BCUT2D eigenvalue weighted by Crippen LogP contribution is 2.26. The Hall–Kier alpha value is -1.04. The average Bonchev–Trinajstić information content (AvgIpc) is 2.88. The lowest BCUT2D eigenvalue weighted by atomic mass is 10.0. The zero-order chi connectivity index (χ0) is 15.0. The molecule has 0 amide bonds. The van der Waals surface area contributed by atoms with Gasteiger partial charge in [0.1, 0.15) is 10.8 Å². The lowest BCUT2D eigenvalue weighted by Crippen LogP contribution is -2.54. The van der Waals surface area contributed by atoms with E-state index in [1.807, 2.05) is 6.07 Å². The summed E-state index contributed by atoms with van der Waals surface area (Å²) in [5.41, 5.74) is 7.02. The van der Waals surface area contributed by atoms with Gasteiger partial charge in [-0.1, -0.05) is 18.3 Å². The van der Waals surface area contributed by atoms with Gasteiger partial charge in [-0.15, -0.1) is 0 Å². The van der Waals surface area contributed by atoms with Gasteiger partial charge in [0.05, 0.1) is 0 Å². The van der Waals surface area contributed by atoms with Crippen LogP contribution in [0.3, 0.4) is 0 Å². The maximum absolute atomic E-state index is 13.7. The molecule has 2 saturated heterocycles. The smallest absolute Gasteiger partial charge is 0.133 e. The number of hydrogen-bond acceptors (Lipinski definition) is 3. The van der Waals surface area contributed by atoms with E-state index in [1.54, 1.807) is 6.07 Å². The van der Waals surface area contributed by atoms with Gasteiger partial charge in [0.15, 0.2) is 0 Å². The Morgan fingerprint density at radius 3 is 3.00 bits per heavy atom. The molecule has 5 heteroatoms. The molecule has 3 rings (SSSR count). The Labute approximate surface area is 130 Å². The molecule has 2 unspecified atom stereocenters. The number of nitrogens with two attached hydrogens (primary N) is 1. The van der Waals surface area contributed by atoms with E-state index in [1.165, 1.54) is 25.5 Å². The molecule has 0 aliphatic carbocycles. The van der Waals surface area contributed by atoms with E-state index in [0.717, 1.165) is 25.2 Å². The number of hydrogen-bond donors (Lipinski definition) is 1. The fraction of sp³-hybridized carbons (Fsp3) is 0.562. The van der Waals surface area contributed by atoms with Gasteiger partial charge in [0.2, 0.25) is 0 Å². The first-order chi connectivity index (χ1) is 10.0. The number of piperazine rings is 1. The van der Waals surface area contributed by atoms with Crippen molar-refractivity contribution in [2.75, 3.05) is 19.6 Å². The minimum atomic E-state index is -0.333. The van der Waals surface area contributed by atoms with Crippen LogP contribution in [0.2, 0.25) is 0 Å². The van der Waals surface area contributed by atoms with Crippen LogP contribution >= 0.6 is 12.2 Å². The molecule has 2 aliphatic rings. The fourth-order valence-electron chi connectivity index (χ4n) is 3.56. The van der Waals surface area contributed by atoms with E-state index < -0.39 is 0 Å². The van der Waals surface area contributed by atoms with Gasteiger partial charge < -0.3 is 5.73 Å². The van der Waals surface area contributed by atoms with Crippen molar-refractivity contribution in [1.82, 2.24) is 9.80 Å². The fourth-order valence-corrected chi connectivity index (χ4v) is 3.72. The van der Waals surface area contributed by atoms with Crippen molar-refractivity contribution in [3.63, 3.8) is 0 Å². The molecule has 2 N–H and O–H groups in total. The summed E-state index contributed by atoms with van der Waals surface area (Å²) in [4.78, 5) is 5.22. The molecular formula is C16H22FN3S. The number of nitrogens with zero attached hydrogens (tertiary/aromatic N) is 2. The lowest BCUT2D eigenvalue weighted by molar-refractivity contribution is 0.0540. The Kier molecular flexibility index (Phi) is 4.24. The summed E-state index contributed by atoms with van der Waals surface area (Å²) in [6.45, 7) is 6.58. The minimum Gasteiger partial charge on any atom is -0.389 e. The van der Waals surface area contributed by atoms with Crippen molar-refractivity contribution >= 4 is 17.2 Å². The highest BCUT2D eigenvalue weighted by atomic mass is 32.1. The summed E-state index contributed by atoms with van der Waals surface area (Å²) in [5.74, 6) is -0.333. The zero-order valence-corrected chi connectivity index (χ0v) is 13.2. The summed E-state index contributed by atoms with van der Waals surface area (Å²) < 4.78 is 13.7. The number of rotatable bonds is 3. The van der Waals surface area contributed by atoms with Gasteiger partial charge in [0.25, 0.3) is 0 Å². The maximum atomic E-state index is 13.7. The summed E-state index contributed by atoms with van der Waals surface area (Å²) in [7, 11) is 0. The van der Waals surface area contributed by atoms with Gasteiger partial charge in [-0.25, -0.2) is 4.39 Å². The zero-order valence-electron chi connectivity index (χ0n) is 12.4. The van der Waals surface area contributed by atoms with Crippen LogP contribution in [0.25, 0.3) is 0 Å². The van der Waals surface area contributed by atoms with Crippen LogP contribution in [0.4, 0.5) is 4.39 Å². The minimum absolute atomic E-state index is 0.128. The van der Waals surface area contributed by atoms with Crippen molar-refractivity contribution in [3.05, 3.63) is 35.1 Å². The predicted octanol–water partition coefficient (Wildman–Crippen LogP) is 2.13. The first-order valence-corrected chi connectivity index (χ1v) is 8.02. The first kappa shape index (κ1) is 14.9. The van der Waals surface area contributed by atoms with E-state index in [2.05, 4.69) is 16.7 Å². The Morgan fingerprint density at radius 1 is 1.43 bits per heavy atom. The largest absolute Gasteiger partial charge is 0.389 e. The van der Waals surface area contributed by atoms with Crippen molar-refractivity contribution < 1.29 is 4.39 Å². The van der Waals surface area contributed by atoms with Crippen LogP contribution in [0.5, 0.6) is 0 Å². The molecule has 2 heterocycles. The molecule has 0 spiro atoms.